The zero-order valence-corrected chi connectivity index (χ0v) is 8.17. The summed E-state index contributed by atoms with van der Waals surface area (Å²) in [6.45, 7) is 0.494. The highest BCUT2D eigenvalue weighted by Crippen LogP contribution is 2.05. The topological polar surface area (TPSA) is 58.9 Å². The standard InChI is InChI=1S/C8H12N2O2S/c11-6-9-4-2-1-3-8(5-13)10-7-12/h8,13H,1-5H2. The van der Waals surface area contributed by atoms with Crippen molar-refractivity contribution in [1.82, 2.24) is 0 Å². The van der Waals surface area contributed by atoms with Crippen molar-refractivity contribution in [3.05, 3.63) is 0 Å². The van der Waals surface area contributed by atoms with E-state index in [0.717, 1.165) is 19.3 Å². The maximum atomic E-state index is 9.91. The van der Waals surface area contributed by atoms with E-state index in [-0.39, 0.29) is 6.04 Å². The van der Waals surface area contributed by atoms with Crippen LogP contribution in [0.25, 0.3) is 0 Å². The van der Waals surface area contributed by atoms with Gasteiger partial charge in [0.1, 0.15) is 0 Å². The zero-order chi connectivity index (χ0) is 9.94. The molecule has 0 saturated heterocycles. The first-order chi connectivity index (χ1) is 6.35. The molecule has 0 fully saturated rings. The quantitative estimate of drug-likeness (QED) is 0.290. The van der Waals surface area contributed by atoms with Crippen molar-refractivity contribution in [2.24, 2.45) is 9.98 Å². The van der Waals surface area contributed by atoms with E-state index >= 15 is 0 Å². The van der Waals surface area contributed by atoms with Crippen LogP contribution in [0.3, 0.4) is 0 Å². The Morgan fingerprint density at radius 3 is 2.54 bits per heavy atom. The fraction of sp³-hybridized carbons (Fsp3) is 0.750. The van der Waals surface area contributed by atoms with Crippen LogP contribution in [0.1, 0.15) is 19.3 Å². The number of hydrogen-bond acceptors (Lipinski definition) is 5. The van der Waals surface area contributed by atoms with E-state index in [0.29, 0.717) is 12.3 Å². The third-order valence-corrected chi connectivity index (χ3v) is 1.99. The second kappa shape index (κ2) is 9.20. The van der Waals surface area contributed by atoms with Gasteiger partial charge < -0.3 is 0 Å². The van der Waals surface area contributed by atoms with E-state index in [1.165, 1.54) is 12.2 Å². The van der Waals surface area contributed by atoms with Gasteiger partial charge in [0.15, 0.2) is 0 Å². The van der Waals surface area contributed by atoms with Crippen LogP contribution < -0.4 is 0 Å². The molecule has 0 rings (SSSR count). The first kappa shape index (κ1) is 12.1. The van der Waals surface area contributed by atoms with E-state index in [4.69, 9.17) is 0 Å². The molecule has 1 unspecified atom stereocenters. The molecule has 13 heavy (non-hydrogen) atoms. The van der Waals surface area contributed by atoms with E-state index in [1.807, 2.05) is 0 Å². The summed E-state index contributed by atoms with van der Waals surface area (Å²) in [5, 5.41) is 0. The second-order valence-corrected chi connectivity index (χ2v) is 2.89. The lowest BCUT2D eigenvalue weighted by Crippen LogP contribution is -2.05. The Balaban J connectivity index is 3.48. The smallest absolute Gasteiger partial charge is 0.211 e. The molecule has 5 heteroatoms. The molecule has 0 aromatic heterocycles. The van der Waals surface area contributed by atoms with Crippen molar-refractivity contribution in [2.75, 3.05) is 12.3 Å². The molecule has 4 nitrogen and oxygen atoms in total. The van der Waals surface area contributed by atoms with Gasteiger partial charge in [0.25, 0.3) is 0 Å². The van der Waals surface area contributed by atoms with Crippen LogP contribution in [0.15, 0.2) is 9.98 Å². The lowest BCUT2D eigenvalue weighted by Gasteiger charge is -2.04. The summed E-state index contributed by atoms with van der Waals surface area (Å²) in [5.41, 5.74) is 0. The Labute approximate surface area is 82.6 Å². The lowest BCUT2D eigenvalue weighted by atomic mass is 10.1. The fourth-order valence-corrected chi connectivity index (χ4v) is 1.15. The van der Waals surface area contributed by atoms with Crippen LogP contribution in [-0.2, 0) is 9.59 Å². The maximum absolute atomic E-state index is 9.91. The van der Waals surface area contributed by atoms with Gasteiger partial charge in [-0.25, -0.2) is 19.6 Å². The third kappa shape index (κ3) is 7.47. The summed E-state index contributed by atoms with van der Waals surface area (Å²) in [7, 11) is 0. The molecule has 1 atom stereocenters. The summed E-state index contributed by atoms with van der Waals surface area (Å²) in [6, 6.07) is -0.0546. The Kier molecular flexibility index (Phi) is 8.57. The number of thiol groups is 1. The van der Waals surface area contributed by atoms with Gasteiger partial charge in [-0.1, -0.05) is 0 Å². The first-order valence-electron chi connectivity index (χ1n) is 4.06. The molecule has 0 aromatic carbocycles. The summed E-state index contributed by atoms with van der Waals surface area (Å²) in [6.07, 6.45) is 5.46. The van der Waals surface area contributed by atoms with Crippen LogP contribution in [0, 0.1) is 0 Å². The molecule has 0 saturated carbocycles. The summed E-state index contributed by atoms with van der Waals surface area (Å²) in [4.78, 5) is 26.6. The van der Waals surface area contributed by atoms with Crippen LogP contribution in [0.2, 0.25) is 0 Å². The molecule has 0 amide bonds. The SMILES string of the molecule is O=C=NCCCCC(CS)N=C=O. The molecule has 0 aliphatic heterocycles. The number of aliphatic imine (C=N–C) groups is 2. The van der Waals surface area contributed by atoms with Gasteiger partial charge in [-0.05, 0) is 19.3 Å². The molecule has 0 aromatic rings. The minimum absolute atomic E-state index is 0.0546. The molecule has 0 aliphatic rings. The van der Waals surface area contributed by atoms with Gasteiger partial charge in [-0.2, -0.15) is 12.6 Å². The predicted octanol–water partition coefficient (Wildman–Crippen LogP) is 1.13. The van der Waals surface area contributed by atoms with Crippen LogP contribution in [0.4, 0.5) is 0 Å². The van der Waals surface area contributed by atoms with Gasteiger partial charge in [-0.15, -0.1) is 0 Å². The second-order valence-electron chi connectivity index (χ2n) is 2.53. The minimum atomic E-state index is -0.0546. The number of rotatable bonds is 7. The number of unbranched alkanes of at least 4 members (excludes halogenated alkanes) is 1. The maximum Gasteiger partial charge on any atom is 0.235 e. The van der Waals surface area contributed by atoms with Crippen molar-refractivity contribution < 1.29 is 9.59 Å². The fourth-order valence-electron chi connectivity index (χ4n) is 0.888. The van der Waals surface area contributed by atoms with Crippen LogP contribution in [-0.4, -0.2) is 30.5 Å². The number of isocyanates is 2. The minimum Gasteiger partial charge on any atom is -0.211 e. The van der Waals surface area contributed by atoms with Crippen molar-refractivity contribution in [2.45, 2.75) is 25.3 Å². The highest BCUT2D eigenvalue weighted by molar-refractivity contribution is 7.80. The molecular formula is C8H12N2O2S. The highest BCUT2D eigenvalue weighted by Gasteiger charge is 2.02. The summed E-state index contributed by atoms with van der Waals surface area (Å²) in [5.74, 6) is 0.548. The van der Waals surface area contributed by atoms with E-state index in [9.17, 15) is 9.59 Å². The average Bonchev–Trinajstić information content (AvgIpc) is 2.16. The third-order valence-electron chi connectivity index (χ3n) is 1.57. The normalized spacial score (nSPS) is 11.2. The molecule has 0 heterocycles. The molecule has 72 valence electrons. The Morgan fingerprint density at radius 1 is 1.23 bits per heavy atom. The van der Waals surface area contributed by atoms with E-state index < -0.39 is 0 Å². The van der Waals surface area contributed by atoms with E-state index in [2.05, 4.69) is 22.6 Å². The van der Waals surface area contributed by atoms with Gasteiger partial charge in [-0.3, -0.25) is 0 Å². The molecule has 0 N–H and O–H groups in total. The lowest BCUT2D eigenvalue weighted by molar-refractivity contribution is 0.549. The van der Waals surface area contributed by atoms with Gasteiger partial charge >= 0.3 is 0 Å². The Hall–Kier alpha value is -0.890. The largest absolute Gasteiger partial charge is 0.235 e. The molecule has 0 radical (unpaired) electrons. The van der Waals surface area contributed by atoms with Crippen molar-refractivity contribution in [3.63, 3.8) is 0 Å². The van der Waals surface area contributed by atoms with Crippen molar-refractivity contribution >= 4 is 24.8 Å². The van der Waals surface area contributed by atoms with Crippen molar-refractivity contribution in [3.8, 4) is 0 Å². The van der Waals surface area contributed by atoms with Crippen LogP contribution >= 0.6 is 12.6 Å². The highest BCUT2D eigenvalue weighted by atomic mass is 32.1. The Morgan fingerprint density at radius 2 is 2.00 bits per heavy atom. The van der Waals surface area contributed by atoms with Crippen molar-refractivity contribution in [1.29, 1.82) is 0 Å². The van der Waals surface area contributed by atoms with E-state index in [1.54, 1.807) is 0 Å². The first-order valence-corrected chi connectivity index (χ1v) is 4.70. The number of carbonyl (C=O) groups excluding carboxylic acids is 2. The van der Waals surface area contributed by atoms with Gasteiger partial charge in [0, 0.05) is 5.75 Å². The monoisotopic (exact) mass is 200 g/mol. The molecule has 0 bridgehead atoms. The number of hydrogen-bond donors (Lipinski definition) is 1. The average molecular weight is 200 g/mol. The molecule has 0 spiro atoms. The van der Waals surface area contributed by atoms with Crippen LogP contribution in [0.5, 0.6) is 0 Å². The molecular weight excluding hydrogens is 188 g/mol. The summed E-state index contributed by atoms with van der Waals surface area (Å²) < 4.78 is 0. The summed E-state index contributed by atoms with van der Waals surface area (Å²) >= 11 is 4.03. The Bertz CT molecular complexity index is 220. The molecule has 0 aliphatic carbocycles. The van der Waals surface area contributed by atoms with Gasteiger partial charge in [0.05, 0.1) is 12.6 Å². The van der Waals surface area contributed by atoms with Gasteiger partial charge in [0.2, 0.25) is 12.2 Å². The predicted molar refractivity (Wildman–Crippen MR) is 52.6 cm³/mol. The number of nitrogens with zero attached hydrogens (tertiary/aromatic N) is 2. The zero-order valence-electron chi connectivity index (χ0n) is 7.27.